The topological polar surface area (TPSA) is 40.5 Å². The lowest BCUT2D eigenvalue weighted by Gasteiger charge is -1.98. The van der Waals surface area contributed by atoms with E-state index in [0.29, 0.717) is 12.5 Å². The molecule has 0 heterocycles. The van der Waals surface area contributed by atoms with Gasteiger partial charge in [-0.05, 0) is 18.8 Å². The quantitative estimate of drug-likeness (QED) is 0.719. The van der Waals surface area contributed by atoms with Gasteiger partial charge in [-0.1, -0.05) is 41.5 Å². The average Bonchev–Trinajstić information content (AvgIpc) is 2.16. The first-order valence-electron chi connectivity index (χ1n) is 4.91. The summed E-state index contributed by atoms with van der Waals surface area (Å²) in [5.41, 5.74) is 0. The molecule has 0 fully saturated rings. The lowest BCUT2D eigenvalue weighted by Crippen LogP contribution is -1.99. The number of hydrogen-bond acceptors (Lipinski definition) is 2. The van der Waals surface area contributed by atoms with Crippen molar-refractivity contribution in [3.63, 3.8) is 0 Å². The normalized spacial score (nSPS) is 11.3. The van der Waals surface area contributed by atoms with Gasteiger partial charge in [0.05, 0.1) is 6.10 Å². The Morgan fingerprint density at radius 1 is 1.00 bits per heavy atom. The third-order valence-corrected chi connectivity index (χ3v) is 1.95. The molecule has 1 atom stereocenters. The Morgan fingerprint density at radius 3 is 1.38 bits per heavy atom. The Labute approximate surface area is 84.0 Å². The van der Waals surface area contributed by atoms with Crippen LogP contribution in [0.5, 0.6) is 0 Å². The van der Waals surface area contributed by atoms with Crippen LogP contribution in [-0.2, 0) is 0 Å². The van der Waals surface area contributed by atoms with Crippen LogP contribution < -0.4 is 0 Å². The third kappa shape index (κ3) is 18.7. The van der Waals surface area contributed by atoms with Crippen molar-refractivity contribution >= 4 is 0 Å². The maximum Gasteiger partial charge on any atom is 0.0535 e. The zero-order chi connectivity index (χ0) is 9.98. The maximum atomic E-state index is 8.67. The average molecular weight is 192 g/mol. The lowest BCUT2D eigenvalue weighted by molar-refractivity contribution is 0.166. The van der Waals surface area contributed by atoms with Gasteiger partial charge < -0.3 is 10.2 Å². The van der Waals surface area contributed by atoms with E-state index in [1.165, 1.54) is 0 Å². The van der Waals surface area contributed by atoms with Crippen molar-refractivity contribution in [2.75, 3.05) is 6.61 Å². The zero-order valence-corrected chi connectivity index (χ0v) is 8.88. The SMILES string of the molecule is C.CCC(C)CO.CCC(O)CC. The van der Waals surface area contributed by atoms with Gasteiger partial charge in [-0.3, -0.25) is 0 Å². The highest BCUT2D eigenvalue weighted by Crippen LogP contribution is 1.95. The van der Waals surface area contributed by atoms with Crippen LogP contribution in [0.1, 0.15) is 54.4 Å². The van der Waals surface area contributed by atoms with Crippen LogP contribution >= 0.6 is 0 Å². The first-order valence-corrected chi connectivity index (χ1v) is 4.91. The second-order valence-corrected chi connectivity index (χ2v) is 3.17. The van der Waals surface area contributed by atoms with Crippen molar-refractivity contribution in [2.45, 2.75) is 60.5 Å². The van der Waals surface area contributed by atoms with Gasteiger partial charge >= 0.3 is 0 Å². The van der Waals surface area contributed by atoms with Crippen molar-refractivity contribution in [1.29, 1.82) is 0 Å². The number of aliphatic hydroxyl groups excluding tert-OH is 2. The highest BCUT2D eigenvalue weighted by atomic mass is 16.3. The van der Waals surface area contributed by atoms with Gasteiger partial charge in [-0.25, -0.2) is 0 Å². The second kappa shape index (κ2) is 14.4. The van der Waals surface area contributed by atoms with E-state index in [4.69, 9.17) is 10.2 Å². The van der Waals surface area contributed by atoms with Gasteiger partial charge in [-0.15, -0.1) is 0 Å². The van der Waals surface area contributed by atoms with Gasteiger partial charge in [-0.2, -0.15) is 0 Å². The molecular weight excluding hydrogens is 164 g/mol. The molecule has 0 rings (SSSR count). The van der Waals surface area contributed by atoms with Gasteiger partial charge in [0.25, 0.3) is 0 Å². The van der Waals surface area contributed by atoms with Crippen LogP contribution in [0, 0.1) is 5.92 Å². The summed E-state index contributed by atoms with van der Waals surface area (Å²) in [4.78, 5) is 0. The molecule has 13 heavy (non-hydrogen) atoms. The number of rotatable bonds is 4. The minimum Gasteiger partial charge on any atom is -0.396 e. The molecule has 0 radical (unpaired) electrons. The molecule has 84 valence electrons. The minimum atomic E-state index is -0.0648. The summed E-state index contributed by atoms with van der Waals surface area (Å²) >= 11 is 0. The third-order valence-electron chi connectivity index (χ3n) is 1.95. The highest BCUT2D eigenvalue weighted by molar-refractivity contribution is 4.43. The smallest absolute Gasteiger partial charge is 0.0535 e. The molecule has 0 aromatic carbocycles. The van der Waals surface area contributed by atoms with Gasteiger partial charge in [0.1, 0.15) is 0 Å². The molecule has 0 amide bonds. The molecule has 0 bridgehead atoms. The maximum absolute atomic E-state index is 8.67. The van der Waals surface area contributed by atoms with Gasteiger partial charge in [0.2, 0.25) is 0 Å². The summed E-state index contributed by atoms with van der Waals surface area (Å²) in [6.07, 6.45) is 2.79. The van der Waals surface area contributed by atoms with Crippen LogP contribution in [0.3, 0.4) is 0 Å². The van der Waals surface area contributed by atoms with E-state index >= 15 is 0 Å². The first-order chi connectivity index (χ1) is 5.62. The predicted octanol–water partition coefficient (Wildman–Crippen LogP) is 2.83. The molecule has 0 spiro atoms. The van der Waals surface area contributed by atoms with Gasteiger partial charge in [0.15, 0.2) is 0 Å². The molecule has 0 aliphatic carbocycles. The van der Waals surface area contributed by atoms with E-state index in [1.54, 1.807) is 0 Å². The summed E-state index contributed by atoms with van der Waals surface area (Å²) in [5, 5.41) is 17.0. The van der Waals surface area contributed by atoms with Crippen molar-refractivity contribution < 1.29 is 10.2 Å². The van der Waals surface area contributed by atoms with Crippen LogP contribution in [-0.4, -0.2) is 22.9 Å². The Balaban J connectivity index is -0.000000143. The molecule has 2 nitrogen and oxygen atoms in total. The minimum absolute atomic E-state index is 0. The van der Waals surface area contributed by atoms with E-state index in [9.17, 15) is 0 Å². The number of hydrogen-bond donors (Lipinski definition) is 2. The van der Waals surface area contributed by atoms with E-state index in [-0.39, 0.29) is 13.5 Å². The molecule has 0 saturated heterocycles. The molecule has 0 aromatic heterocycles. The lowest BCUT2D eigenvalue weighted by atomic mass is 10.1. The fourth-order valence-electron chi connectivity index (χ4n) is 0.418. The van der Waals surface area contributed by atoms with Crippen LogP contribution in [0.15, 0.2) is 0 Å². The van der Waals surface area contributed by atoms with Crippen LogP contribution in [0.2, 0.25) is 0 Å². The summed E-state index contributed by atoms with van der Waals surface area (Å²) < 4.78 is 0. The van der Waals surface area contributed by atoms with Crippen LogP contribution in [0.4, 0.5) is 0 Å². The standard InChI is InChI=1S/2C5H12O.CH4/c1-3-5(2)4-6;1-3-5(6)4-2;/h2*5-6H,3-4H2,1-2H3;1H4. The fraction of sp³-hybridized carbons (Fsp3) is 1.00. The molecule has 1 unspecified atom stereocenters. The Bertz CT molecular complexity index is 56.5. The molecule has 2 heteroatoms. The molecule has 2 N–H and O–H groups in total. The van der Waals surface area contributed by atoms with Crippen molar-refractivity contribution in [3.05, 3.63) is 0 Å². The monoisotopic (exact) mass is 192 g/mol. The predicted molar refractivity (Wildman–Crippen MR) is 59.9 cm³/mol. The van der Waals surface area contributed by atoms with E-state index in [1.807, 2.05) is 20.8 Å². The molecule has 0 saturated carbocycles. The van der Waals surface area contributed by atoms with Crippen molar-refractivity contribution in [2.24, 2.45) is 5.92 Å². The highest BCUT2D eigenvalue weighted by Gasteiger charge is 1.90. The van der Waals surface area contributed by atoms with E-state index in [2.05, 4.69) is 6.92 Å². The summed E-state index contributed by atoms with van der Waals surface area (Å²) in [6, 6.07) is 0. The van der Waals surface area contributed by atoms with Gasteiger partial charge in [0, 0.05) is 6.61 Å². The van der Waals surface area contributed by atoms with Crippen LogP contribution in [0.25, 0.3) is 0 Å². The Kier molecular flexibility index (Phi) is 20.7. The zero-order valence-electron chi connectivity index (χ0n) is 8.88. The first kappa shape index (κ1) is 18.7. The number of aliphatic hydroxyl groups is 2. The Hall–Kier alpha value is -0.0800. The Morgan fingerprint density at radius 2 is 1.38 bits per heavy atom. The molecule has 0 aliphatic heterocycles. The van der Waals surface area contributed by atoms with Crippen molar-refractivity contribution in [3.8, 4) is 0 Å². The largest absolute Gasteiger partial charge is 0.396 e. The second-order valence-electron chi connectivity index (χ2n) is 3.17. The fourth-order valence-corrected chi connectivity index (χ4v) is 0.418. The summed E-state index contributed by atoms with van der Waals surface area (Å²) in [5.74, 6) is 0.491. The van der Waals surface area contributed by atoms with Crippen molar-refractivity contribution in [1.82, 2.24) is 0 Å². The summed E-state index contributed by atoms with van der Waals surface area (Å²) in [7, 11) is 0. The molecular formula is C11H28O2. The van der Waals surface area contributed by atoms with E-state index < -0.39 is 0 Å². The molecule has 0 aromatic rings. The summed E-state index contributed by atoms with van der Waals surface area (Å²) in [6.45, 7) is 8.39. The molecule has 0 aliphatic rings. The van der Waals surface area contributed by atoms with E-state index in [0.717, 1.165) is 19.3 Å².